The van der Waals surface area contributed by atoms with Crippen LogP contribution in [0.3, 0.4) is 0 Å². The van der Waals surface area contributed by atoms with Gasteiger partial charge in [0.25, 0.3) is 11.8 Å². The van der Waals surface area contributed by atoms with E-state index in [2.05, 4.69) is 16.2 Å². The maximum Gasteiger partial charge on any atom is 0.338 e. The number of unbranched alkanes of at least 4 members (excludes halogenated alkanes) is 1. The number of nitrogens with one attached hydrogen (secondary N) is 3. The van der Waals surface area contributed by atoms with Crippen LogP contribution in [-0.4, -0.2) is 42.9 Å². The summed E-state index contributed by atoms with van der Waals surface area (Å²) in [5.74, 6) is -3.03. The molecule has 0 saturated carbocycles. The molecule has 0 unspecified atom stereocenters. The van der Waals surface area contributed by atoms with Crippen LogP contribution in [-0.2, 0) is 23.9 Å². The Morgan fingerprint density at radius 2 is 1.57 bits per heavy atom. The predicted octanol–water partition coefficient (Wildman–Crippen LogP) is 3.02. The smallest absolute Gasteiger partial charge is 0.338 e. The van der Waals surface area contributed by atoms with E-state index in [-0.39, 0.29) is 23.4 Å². The Bertz CT molecular complexity index is 1060. The van der Waals surface area contributed by atoms with E-state index in [9.17, 15) is 24.0 Å². The average Bonchev–Trinajstić information content (AvgIpc) is 2.85. The zero-order valence-corrected chi connectivity index (χ0v) is 19.9. The number of carbonyl (C=O) groups is 5. The number of carbonyl (C=O) groups excluding carboxylic acids is 5. The molecule has 0 aliphatic rings. The standard InChI is InChI=1S/C24H26ClN3O7/c1-2-3-14-34-24(33)16-8-10-17(11-9-16)26-21(30)15-35-22(31)13-12-20(29)27-28-23(32)18-6-4-5-7-19(18)25/h4-11H,2-3,12-15H2,1H3,(H,26,30)(H,27,29)(H,28,32). The van der Waals surface area contributed by atoms with Crippen molar-refractivity contribution >= 4 is 46.9 Å². The first kappa shape index (κ1) is 27.3. The summed E-state index contributed by atoms with van der Waals surface area (Å²) in [6.45, 7) is 1.79. The summed E-state index contributed by atoms with van der Waals surface area (Å²) in [4.78, 5) is 59.4. The van der Waals surface area contributed by atoms with E-state index in [1.54, 1.807) is 12.1 Å². The molecule has 0 aliphatic carbocycles. The van der Waals surface area contributed by atoms with Crippen molar-refractivity contribution in [2.45, 2.75) is 32.6 Å². The van der Waals surface area contributed by atoms with Crippen LogP contribution in [0.5, 0.6) is 0 Å². The summed E-state index contributed by atoms with van der Waals surface area (Å²) in [6, 6.07) is 12.4. The number of amides is 3. The quantitative estimate of drug-likeness (QED) is 0.243. The second-order valence-electron chi connectivity index (χ2n) is 7.26. The van der Waals surface area contributed by atoms with Gasteiger partial charge < -0.3 is 14.8 Å². The lowest BCUT2D eigenvalue weighted by Gasteiger charge is -2.09. The van der Waals surface area contributed by atoms with Gasteiger partial charge in [-0.1, -0.05) is 37.1 Å². The summed E-state index contributed by atoms with van der Waals surface area (Å²) in [5.41, 5.74) is 5.31. The van der Waals surface area contributed by atoms with Crippen LogP contribution in [0.2, 0.25) is 5.02 Å². The van der Waals surface area contributed by atoms with Gasteiger partial charge in [0.2, 0.25) is 5.91 Å². The molecule has 0 atom stereocenters. The van der Waals surface area contributed by atoms with Crippen LogP contribution in [0, 0.1) is 0 Å². The number of hydrogen-bond donors (Lipinski definition) is 3. The molecule has 0 fully saturated rings. The maximum absolute atomic E-state index is 12.0. The SMILES string of the molecule is CCCCOC(=O)c1ccc(NC(=O)COC(=O)CCC(=O)NNC(=O)c2ccccc2Cl)cc1. The van der Waals surface area contributed by atoms with Crippen LogP contribution in [0.15, 0.2) is 48.5 Å². The average molecular weight is 504 g/mol. The third-order valence-electron chi connectivity index (χ3n) is 4.49. The van der Waals surface area contributed by atoms with Crippen molar-refractivity contribution in [1.82, 2.24) is 10.9 Å². The molecule has 3 N–H and O–H groups in total. The number of anilines is 1. The summed E-state index contributed by atoms with van der Waals surface area (Å²) in [5, 5.41) is 2.75. The number of rotatable bonds is 11. The first-order valence-corrected chi connectivity index (χ1v) is 11.2. The second kappa shape index (κ2) is 14.4. The first-order valence-electron chi connectivity index (χ1n) is 10.9. The molecule has 0 aromatic heterocycles. The van der Waals surface area contributed by atoms with Crippen molar-refractivity contribution < 1.29 is 33.4 Å². The van der Waals surface area contributed by atoms with Crippen molar-refractivity contribution in [3.63, 3.8) is 0 Å². The summed E-state index contributed by atoms with van der Waals surface area (Å²) in [6.07, 6.45) is 1.14. The van der Waals surface area contributed by atoms with Gasteiger partial charge >= 0.3 is 11.9 Å². The highest BCUT2D eigenvalue weighted by Crippen LogP contribution is 2.14. The fourth-order valence-electron chi connectivity index (χ4n) is 2.61. The van der Waals surface area contributed by atoms with Crippen molar-refractivity contribution in [3.05, 3.63) is 64.7 Å². The Morgan fingerprint density at radius 3 is 2.26 bits per heavy atom. The lowest BCUT2D eigenvalue weighted by Crippen LogP contribution is -2.41. The summed E-state index contributed by atoms with van der Waals surface area (Å²) < 4.78 is 9.95. The van der Waals surface area contributed by atoms with Crippen molar-refractivity contribution in [2.24, 2.45) is 0 Å². The van der Waals surface area contributed by atoms with E-state index in [1.165, 1.54) is 36.4 Å². The molecule has 2 aromatic rings. The number of hydrogen-bond acceptors (Lipinski definition) is 7. The molecule has 0 radical (unpaired) electrons. The molecule has 2 rings (SSSR count). The van der Waals surface area contributed by atoms with Gasteiger partial charge in [0.1, 0.15) is 0 Å². The van der Waals surface area contributed by atoms with Gasteiger partial charge in [-0.3, -0.25) is 30.0 Å². The minimum atomic E-state index is -0.766. The number of halogens is 1. The van der Waals surface area contributed by atoms with Gasteiger partial charge in [0, 0.05) is 12.1 Å². The van der Waals surface area contributed by atoms with Crippen LogP contribution < -0.4 is 16.2 Å². The molecule has 35 heavy (non-hydrogen) atoms. The van der Waals surface area contributed by atoms with E-state index < -0.39 is 36.3 Å². The van der Waals surface area contributed by atoms with Crippen molar-refractivity contribution in [3.8, 4) is 0 Å². The highest BCUT2D eigenvalue weighted by molar-refractivity contribution is 6.33. The van der Waals surface area contributed by atoms with Gasteiger partial charge in [-0.2, -0.15) is 0 Å². The topological polar surface area (TPSA) is 140 Å². The Hall–Kier alpha value is -3.92. The normalized spacial score (nSPS) is 10.1. The highest BCUT2D eigenvalue weighted by Gasteiger charge is 2.14. The molecule has 11 heteroatoms. The minimum absolute atomic E-state index is 0.182. The molecular weight excluding hydrogens is 478 g/mol. The second-order valence-corrected chi connectivity index (χ2v) is 7.67. The maximum atomic E-state index is 12.0. The molecule has 0 spiro atoms. The first-order chi connectivity index (χ1) is 16.8. The lowest BCUT2D eigenvalue weighted by molar-refractivity contribution is -0.148. The van der Waals surface area contributed by atoms with E-state index in [0.717, 1.165) is 12.8 Å². The summed E-state index contributed by atoms with van der Waals surface area (Å²) in [7, 11) is 0. The number of esters is 2. The highest BCUT2D eigenvalue weighted by atomic mass is 35.5. The minimum Gasteiger partial charge on any atom is -0.462 e. The number of ether oxygens (including phenoxy) is 2. The van der Waals surface area contributed by atoms with Crippen molar-refractivity contribution in [2.75, 3.05) is 18.5 Å². The Balaban J connectivity index is 1.65. The van der Waals surface area contributed by atoms with E-state index in [0.29, 0.717) is 17.9 Å². The molecule has 0 saturated heterocycles. The molecule has 0 aliphatic heterocycles. The Morgan fingerprint density at radius 1 is 0.857 bits per heavy atom. The third-order valence-corrected chi connectivity index (χ3v) is 4.82. The van der Waals surface area contributed by atoms with Gasteiger partial charge in [0.05, 0.1) is 29.2 Å². The van der Waals surface area contributed by atoms with E-state index >= 15 is 0 Å². The number of benzene rings is 2. The van der Waals surface area contributed by atoms with Crippen molar-refractivity contribution in [1.29, 1.82) is 0 Å². The zero-order chi connectivity index (χ0) is 25.6. The van der Waals surface area contributed by atoms with Crippen LogP contribution in [0.25, 0.3) is 0 Å². The van der Waals surface area contributed by atoms with Crippen LogP contribution in [0.1, 0.15) is 53.3 Å². The van der Waals surface area contributed by atoms with Gasteiger partial charge in [0.15, 0.2) is 6.61 Å². The molecule has 2 aromatic carbocycles. The zero-order valence-electron chi connectivity index (χ0n) is 19.1. The Labute approximate surface area is 207 Å². The molecule has 186 valence electrons. The van der Waals surface area contributed by atoms with Gasteiger partial charge in [-0.25, -0.2) is 4.79 Å². The Kier molecular flexibility index (Phi) is 11.2. The van der Waals surface area contributed by atoms with Gasteiger partial charge in [-0.05, 0) is 42.8 Å². The monoisotopic (exact) mass is 503 g/mol. The van der Waals surface area contributed by atoms with Gasteiger partial charge in [-0.15, -0.1) is 0 Å². The van der Waals surface area contributed by atoms with Crippen LogP contribution in [0.4, 0.5) is 5.69 Å². The largest absolute Gasteiger partial charge is 0.462 e. The molecule has 3 amide bonds. The van der Waals surface area contributed by atoms with E-state index in [4.69, 9.17) is 21.1 Å². The molecular formula is C24H26ClN3O7. The fourth-order valence-corrected chi connectivity index (χ4v) is 2.84. The third kappa shape index (κ3) is 9.85. The predicted molar refractivity (Wildman–Crippen MR) is 128 cm³/mol. The lowest BCUT2D eigenvalue weighted by atomic mass is 10.2. The molecule has 0 bridgehead atoms. The molecule has 0 heterocycles. The fraction of sp³-hybridized carbons (Fsp3) is 0.292. The number of hydrazine groups is 1. The van der Waals surface area contributed by atoms with Crippen LogP contribution >= 0.6 is 11.6 Å². The molecule has 10 nitrogen and oxygen atoms in total. The summed E-state index contributed by atoms with van der Waals surface area (Å²) >= 11 is 5.90. The van der Waals surface area contributed by atoms with E-state index in [1.807, 2.05) is 6.92 Å².